The summed E-state index contributed by atoms with van der Waals surface area (Å²) < 4.78 is 0. The first kappa shape index (κ1) is 12.0. The molecule has 92 valence electrons. The SMILES string of the molecule is CON(C)C(=O)c1ccc(N2C=C=CN=C2)nc1. The lowest BCUT2D eigenvalue weighted by molar-refractivity contribution is -0.0757. The van der Waals surface area contributed by atoms with Crippen LogP contribution in [0.1, 0.15) is 10.4 Å². The third kappa shape index (κ3) is 2.45. The van der Waals surface area contributed by atoms with Crippen LogP contribution in [-0.2, 0) is 4.84 Å². The topological polar surface area (TPSA) is 58.0 Å². The summed E-state index contributed by atoms with van der Waals surface area (Å²) in [5, 5.41) is 1.14. The van der Waals surface area contributed by atoms with Crippen molar-refractivity contribution in [2.75, 3.05) is 19.1 Å². The van der Waals surface area contributed by atoms with Crippen molar-refractivity contribution in [1.29, 1.82) is 0 Å². The lowest BCUT2D eigenvalue weighted by atomic mass is 10.2. The third-order valence-corrected chi connectivity index (χ3v) is 2.37. The molecule has 1 aromatic rings. The van der Waals surface area contributed by atoms with Crippen LogP contribution in [0.5, 0.6) is 0 Å². The predicted molar refractivity (Wildman–Crippen MR) is 67.0 cm³/mol. The highest BCUT2D eigenvalue weighted by Crippen LogP contribution is 2.12. The van der Waals surface area contributed by atoms with Gasteiger partial charge in [0.15, 0.2) is 0 Å². The maximum atomic E-state index is 11.8. The summed E-state index contributed by atoms with van der Waals surface area (Å²) in [4.78, 5) is 26.4. The van der Waals surface area contributed by atoms with Crippen LogP contribution in [-0.4, -0.2) is 36.5 Å². The Morgan fingerprint density at radius 2 is 2.33 bits per heavy atom. The number of anilines is 1. The highest BCUT2D eigenvalue weighted by atomic mass is 16.7. The summed E-state index contributed by atoms with van der Waals surface area (Å²) in [6.07, 6.45) is 6.37. The first-order valence-electron chi connectivity index (χ1n) is 5.23. The van der Waals surface area contributed by atoms with Gasteiger partial charge in [0.25, 0.3) is 5.91 Å². The van der Waals surface area contributed by atoms with Crippen LogP contribution in [0.2, 0.25) is 0 Å². The number of hydroxylamine groups is 2. The first-order valence-corrected chi connectivity index (χ1v) is 5.23. The van der Waals surface area contributed by atoms with Gasteiger partial charge in [-0.05, 0) is 12.1 Å². The van der Waals surface area contributed by atoms with Crippen molar-refractivity contribution >= 4 is 18.1 Å². The molecule has 6 nitrogen and oxygen atoms in total. The van der Waals surface area contributed by atoms with Gasteiger partial charge in [-0.15, -0.1) is 0 Å². The van der Waals surface area contributed by atoms with Crippen LogP contribution in [0.15, 0.2) is 41.5 Å². The Balaban J connectivity index is 2.18. The largest absolute Gasteiger partial charge is 0.285 e. The highest BCUT2D eigenvalue weighted by molar-refractivity contribution is 5.93. The monoisotopic (exact) mass is 244 g/mol. The van der Waals surface area contributed by atoms with Crippen molar-refractivity contribution in [2.24, 2.45) is 4.99 Å². The molecule has 1 amide bonds. The fourth-order valence-electron chi connectivity index (χ4n) is 1.35. The highest BCUT2D eigenvalue weighted by Gasteiger charge is 2.12. The minimum Gasteiger partial charge on any atom is -0.285 e. The number of nitrogens with zero attached hydrogens (tertiary/aromatic N) is 4. The molecule has 0 bridgehead atoms. The Morgan fingerprint density at radius 3 is 2.89 bits per heavy atom. The van der Waals surface area contributed by atoms with Gasteiger partial charge in [-0.2, -0.15) is 0 Å². The van der Waals surface area contributed by atoms with Gasteiger partial charge in [-0.1, -0.05) is 5.73 Å². The Kier molecular flexibility index (Phi) is 3.52. The normalized spacial score (nSPS) is 12.9. The zero-order valence-corrected chi connectivity index (χ0v) is 10.1. The van der Waals surface area contributed by atoms with Crippen LogP contribution >= 0.6 is 0 Å². The van der Waals surface area contributed by atoms with Gasteiger partial charge in [0.1, 0.15) is 12.2 Å². The number of carbonyl (C=O) groups excluding carboxylic acids is 1. The molecular formula is C12H12N4O2. The molecule has 0 atom stereocenters. The number of carbonyl (C=O) groups is 1. The van der Waals surface area contributed by atoms with Crippen LogP contribution in [0.3, 0.4) is 0 Å². The minimum atomic E-state index is -0.251. The zero-order valence-electron chi connectivity index (χ0n) is 10.1. The molecule has 0 saturated carbocycles. The molecule has 0 saturated heterocycles. The smallest absolute Gasteiger partial charge is 0.278 e. The lowest BCUT2D eigenvalue weighted by Crippen LogP contribution is -2.25. The Labute approximate surface area is 104 Å². The zero-order chi connectivity index (χ0) is 13.0. The second-order valence-corrected chi connectivity index (χ2v) is 3.49. The van der Waals surface area contributed by atoms with E-state index in [0.717, 1.165) is 5.06 Å². The Bertz CT molecular complexity index is 530. The van der Waals surface area contributed by atoms with Gasteiger partial charge in [0.05, 0.1) is 25.1 Å². The van der Waals surface area contributed by atoms with E-state index in [-0.39, 0.29) is 5.91 Å². The molecule has 0 aromatic carbocycles. The average molecular weight is 244 g/mol. The molecule has 1 aliphatic rings. The maximum Gasteiger partial charge on any atom is 0.278 e. The number of amides is 1. The molecule has 0 N–H and O–H groups in total. The van der Waals surface area contributed by atoms with E-state index in [9.17, 15) is 4.79 Å². The van der Waals surface area contributed by atoms with E-state index >= 15 is 0 Å². The number of aromatic nitrogens is 1. The molecule has 2 rings (SSSR count). The number of hydrogen-bond donors (Lipinski definition) is 0. The molecular weight excluding hydrogens is 232 g/mol. The van der Waals surface area contributed by atoms with Crippen molar-refractivity contribution in [3.63, 3.8) is 0 Å². The Morgan fingerprint density at radius 1 is 1.50 bits per heavy atom. The van der Waals surface area contributed by atoms with E-state index in [2.05, 4.69) is 15.7 Å². The summed E-state index contributed by atoms with van der Waals surface area (Å²) in [5.74, 6) is 0.412. The van der Waals surface area contributed by atoms with E-state index in [1.54, 1.807) is 42.8 Å². The summed E-state index contributed by atoms with van der Waals surface area (Å²) in [7, 11) is 2.97. The average Bonchev–Trinajstić information content (AvgIpc) is 2.47. The quantitative estimate of drug-likeness (QED) is 0.592. The standard InChI is InChI=1S/C12H12N4O2/c1-15(18-2)12(17)10-4-5-11(14-8-10)16-7-3-6-13-9-16/h4-9H,1-2H3. The van der Waals surface area contributed by atoms with Crippen LogP contribution in [0.4, 0.5) is 5.82 Å². The molecule has 6 heteroatoms. The lowest BCUT2D eigenvalue weighted by Gasteiger charge is -2.15. The van der Waals surface area contributed by atoms with Gasteiger partial charge < -0.3 is 0 Å². The van der Waals surface area contributed by atoms with Crippen molar-refractivity contribution in [2.45, 2.75) is 0 Å². The molecule has 0 unspecified atom stereocenters. The van der Waals surface area contributed by atoms with E-state index in [1.807, 2.05) is 0 Å². The number of rotatable bonds is 3. The van der Waals surface area contributed by atoms with Crippen molar-refractivity contribution in [3.05, 3.63) is 42.0 Å². The van der Waals surface area contributed by atoms with E-state index in [0.29, 0.717) is 11.4 Å². The number of pyridine rings is 1. The Hall–Kier alpha value is -2.43. The molecule has 0 aliphatic carbocycles. The molecule has 2 heterocycles. The first-order chi connectivity index (χ1) is 8.72. The summed E-state index contributed by atoms with van der Waals surface area (Å²) in [6.45, 7) is 0. The second-order valence-electron chi connectivity index (χ2n) is 3.49. The molecule has 0 radical (unpaired) electrons. The molecule has 1 aliphatic heterocycles. The summed E-state index contributed by atoms with van der Waals surface area (Å²) >= 11 is 0. The van der Waals surface area contributed by atoms with Gasteiger partial charge in [0.2, 0.25) is 0 Å². The number of aliphatic imine (C=N–C) groups is 1. The van der Waals surface area contributed by atoms with Gasteiger partial charge >= 0.3 is 0 Å². The second kappa shape index (κ2) is 5.27. The molecule has 18 heavy (non-hydrogen) atoms. The van der Waals surface area contributed by atoms with Crippen molar-refractivity contribution in [3.8, 4) is 0 Å². The summed E-state index contributed by atoms with van der Waals surface area (Å²) in [6, 6.07) is 3.41. The summed E-state index contributed by atoms with van der Waals surface area (Å²) in [5.41, 5.74) is 3.30. The van der Waals surface area contributed by atoms with Crippen LogP contribution < -0.4 is 4.90 Å². The predicted octanol–water partition coefficient (Wildman–Crippen LogP) is 1.19. The maximum absolute atomic E-state index is 11.8. The van der Waals surface area contributed by atoms with E-state index < -0.39 is 0 Å². The molecule has 1 aromatic heterocycles. The van der Waals surface area contributed by atoms with Crippen molar-refractivity contribution in [1.82, 2.24) is 10.0 Å². The third-order valence-electron chi connectivity index (χ3n) is 2.37. The van der Waals surface area contributed by atoms with Gasteiger partial charge in [-0.3, -0.25) is 14.5 Å². The molecule has 0 spiro atoms. The number of hydrogen-bond acceptors (Lipinski definition) is 5. The van der Waals surface area contributed by atoms with Crippen LogP contribution in [0.25, 0.3) is 0 Å². The van der Waals surface area contributed by atoms with Gasteiger partial charge in [0, 0.05) is 13.2 Å². The van der Waals surface area contributed by atoms with E-state index in [1.165, 1.54) is 13.3 Å². The minimum absolute atomic E-state index is 0.251. The fourth-order valence-corrected chi connectivity index (χ4v) is 1.35. The van der Waals surface area contributed by atoms with Crippen molar-refractivity contribution < 1.29 is 9.63 Å². The molecule has 0 fully saturated rings. The fraction of sp³-hybridized carbons (Fsp3) is 0.167. The van der Waals surface area contributed by atoms with Crippen LogP contribution in [0, 0.1) is 0 Å². The van der Waals surface area contributed by atoms with E-state index in [4.69, 9.17) is 4.84 Å². The van der Waals surface area contributed by atoms with Gasteiger partial charge in [-0.25, -0.2) is 15.0 Å².